The second kappa shape index (κ2) is 4.05. The minimum atomic E-state index is 0.228. The maximum Gasteiger partial charge on any atom is 0.133 e. The van der Waals surface area contributed by atoms with E-state index < -0.39 is 0 Å². The van der Waals surface area contributed by atoms with Crippen molar-refractivity contribution in [1.82, 2.24) is 0 Å². The molecule has 0 amide bonds. The number of carbonyl (C=O) groups excluding carboxylic acids is 1. The Bertz CT molecular complexity index is 371. The highest BCUT2D eigenvalue weighted by atomic mass is 16.5. The van der Waals surface area contributed by atoms with Crippen LogP contribution >= 0.6 is 0 Å². The van der Waals surface area contributed by atoms with E-state index in [0.29, 0.717) is 18.3 Å². The monoisotopic (exact) mass is 204 g/mol. The van der Waals surface area contributed by atoms with E-state index >= 15 is 0 Å². The van der Waals surface area contributed by atoms with E-state index in [0.717, 1.165) is 12.2 Å². The fraction of sp³-hybridized carbons (Fsp3) is 0.462. The largest absolute Gasteiger partial charge is 0.494 e. The van der Waals surface area contributed by atoms with Gasteiger partial charge >= 0.3 is 0 Å². The number of hydrogen-bond donors (Lipinski definition) is 0. The van der Waals surface area contributed by atoms with Crippen molar-refractivity contribution >= 4 is 5.78 Å². The summed E-state index contributed by atoms with van der Waals surface area (Å²) in [6.45, 7) is 4.33. The molecule has 0 N–H and O–H groups in total. The van der Waals surface area contributed by atoms with Crippen LogP contribution in [0.2, 0.25) is 0 Å². The molecule has 2 rings (SSSR count). The topological polar surface area (TPSA) is 26.3 Å². The third kappa shape index (κ3) is 2.04. The summed E-state index contributed by atoms with van der Waals surface area (Å²) in [6.07, 6.45) is 0.986. The Hall–Kier alpha value is -1.31. The van der Waals surface area contributed by atoms with Gasteiger partial charge in [-0.3, -0.25) is 4.79 Å². The van der Waals surface area contributed by atoms with Crippen molar-refractivity contribution in [3.63, 3.8) is 0 Å². The van der Waals surface area contributed by atoms with Crippen molar-refractivity contribution < 1.29 is 9.53 Å². The average Bonchev–Trinajstić information content (AvgIpc) is 2.99. The van der Waals surface area contributed by atoms with Gasteiger partial charge in [0.25, 0.3) is 0 Å². The van der Waals surface area contributed by atoms with Gasteiger partial charge in [-0.25, -0.2) is 0 Å². The first-order valence-electron chi connectivity index (χ1n) is 5.46. The molecule has 0 aliphatic heterocycles. The molecule has 1 aromatic rings. The Kier molecular flexibility index (Phi) is 2.76. The number of hydrogen-bond acceptors (Lipinski definition) is 2. The molecule has 1 fully saturated rings. The van der Waals surface area contributed by atoms with Gasteiger partial charge in [0.1, 0.15) is 11.5 Å². The Labute approximate surface area is 90.3 Å². The standard InChI is InChI=1S/C13H16O2/c1-3-15-13-7-5-4-6-10(13)12-8-11(12)9(2)14/h4-7,11-12H,3,8H2,1-2H3/t11-,12?/m1/s1. The molecule has 1 saturated carbocycles. The Balaban J connectivity index is 2.18. The van der Waals surface area contributed by atoms with Gasteiger partial charge in [-0.15, -0.1) is 0 Å². The molecule has 0 bridgehead atoms. The summed E-state index contributed by atoms with van der Waals surface area (Å²) in [5.74, 6) is 1.86. The van der Waals surface area contributed by atoms with E-state index in [-0.39, 0.29) is 5.92 Å². The highest BCUT2D eigenvalue weighted by Gasteiger charge is 2.43. The molecule has 1 aliphatic rings. The number of para-hydroxylation sites is 1. The SMILES string of the molecule is CCOc1ccccc1C1C[C@@H]1C(C)=O. The number of ether oxygens (including phenoxy) is 1. The predicted molar refractivity (Wildman–Crippen MR) is 59.1 cm³/mol. The van der Waals surface area contributed by atoms with Crippen molar-refractivity contribution in [1.29, 1.82) is 0 Å². The maximum atomic E-state index is 11.2. The molecule has 0 saturated heterocycles. The fourth-order valence-corrected chi connectivity index (χ4v) is 2.06. The molecule has 0 radical (unpaired) electrons. The zero-order valence-electron chi connectivity index (χ0n) is 9.19. The normalized spacial score (nSPS) is 23.6. The van der Waals surface area contributed by atoms with E-state index in [1.54, 1.807) is 6.92 Å². The Morgan fingerprint density at radius 3 is 2.80 bits per heavy atom. The van der Waals surface area contributed by atoms with E-state index in [1.807, 2.05) is 25.1 Å². The van der Waals surface area contributed by atoms with Gasteiger partial charge in [-0.1, -0.05) is 18.2 Å². The van der Waals surface area contributed by atoms with Crippen LogP contribution in [0.5, 0.6) is 5.75 Å². The van der Waals surface area contributed by atoms with E-state index in [9.17, 15) is 4.79 Å². The van der Waals surface area contributed by atoms with Gasteiger partial charge in [0, 0.05) is 5.92 Å². The van der Waals surface area contributed by atoms with Crippen LogP contribution in [-0.2, 0) is 4.79 Å². The van der Waals surface area contributed by atoms with Crippen molar-refractivity contribution in [2.45, 2.75) is 26.2 Å². The van der Waals surface area contributed by atoms with E-state index in [2.05, 4.69) is 6.07 Å². The third-order valence-corrected chi connectivity index (χ3v) is 2.93. The molecule has 2 atom stereocenters. The molecule has 15 heavy (non-hydrogen) atoms. The van der Waals surface area contributed by atoms with Crippen LogP contribution in [-0.4, -0.2) is 12.4 Å². The number of carbonyl (C=O) groups is 1. The lowest BCUT2D eigenvalue weighted by Crippen LogP contribution is -1.98. The average molecular weight is 204 g/mol. The predicted octanol–water partition coefficient (Wildman–Crippen LogP) is 2.78. The molecule has 0 heterocycles. The zero-order chi connectivity index (χ0) is 10.8. The van der Waals surface area contributed by atoms with Crippen LogP contribution in [0.25, 0.3) is 0 Å². The number of rotatable bonds is 4. The molecule has 80 valence electrons. The first-order valence-corrected chi connectivity index (χ1v) is 5.46. The lowest BCUT2D eigenvalue weighted by Gasteiger charge is -2.08. The third-order valence-electron chi connectivity index (χ3n) is 2.93. The molecule has 1 aromatic carbocycles. The van der Waals surface area contributed by atoms with Crippen molar-refractivity contribution in [3.05, 3.63) is 29.8 Å². The van der Waals surface area contributed by atoms with Gasteiger partial charge in [-0.2, -0.15) is 0 Å². The second-order valence-corrected chi connectivity index (χ2v) is 4.03. The summed E-state index contributed by atoms with van der Waals surface area (Å²) >= 11 is 0. The van der Waals surface area contributed by atoms with E-state index in [1.165, 1.54) is 5.56 Å². The summed E-state index contributed by atoms with van der Waals surface area (Å²) < 4.78 is 5.56. The summed E-state index contributed by atoms with van der Waals surface area (Å²) in [6, 6.07) is 8.03. The van der Waals surface area contributed by atoms with Gasteiger partial charge in [0.05, 0.1) is 6.61 Å². The maximum absolute atomic E-state index is 11.2. The highest BCUT2D eigenvalue weighted by molar-refractivity contribution is 5.82. The van der Waals surface area contributed by atoms with Gasteiger partial charge < -0.3 is 4.74 Å². The first kappa shape index (κ1) is 10.2. The first-order chi connectivity index (χ1) is 7.24. The summed E-state index contributed by atoms with van der Waals surface area (Å²) in [4.78, 5) is 11.2. The molecule has 0 aromatic heterocycles. The van der Waals surface area contributed by atoms with Crippen LogP contribution in [0.3, 0.4) is 0 Å². The van der Waals surface area contributed by atoms with Crippen molar-refractivity contribution in [2.75, 3.05) is 6.61 Å². The minimum Gasteiger partial charge on any atom is -0.494 e. The number of Topliss-reactive ketones (excluding diaryl/α,β-unsaturated/α-hetero) is 1. The molecule has 1 aliphatic carbocycles. The van der Waals surface area contributed by atoms with Gasteiger partial charge in [0.15, 0.2) is 0 Å². The lowest BCUT2D eigenvalue weighted by molar-refractivity contribution is -0.118. The zero-order valence-corrected chi connectivity index (χ0v) is 9.19. The quantitative estimate of drug-likeness (QED) is 0.753. The Morgan fingerprint density at radius 1 is 1.47 bits per heavy atom. The number of benzene rings is 1. The van der Waals surface area contributed by atoms with Gasteiger partial charge in [0.2, 0.25) is 0 Å². The molecular formula is C13H16O2. The minimum absolute atomic E-state index is 0.228. The highest BCUT2D eigenvalue weighted by Crippen LogP contribution is 2.50. The molecule has 0 spiro atoms. The summed E-state index contributed by atoms with van der Waals surface area (Å²) in [7, 11) is 0. The molecule has 1 unspecified atom stereocenters. The molecule has 2 nitrogen and oxygen atoms in total. The summed E-state index contributed by atoms with van der Waals surface area (Å²) in [5, 5.41) is 0. The second-order valence-electron chi connectivity index (χ2n) is 4.03. The van der Waals surface area contributed by atoms with Crippen LogP contribution < -0.4 is 4.74 Å². The van der Waals surface area contributed by atoms with Crippen LogP contribution in [0.4, 0.5) is 0 Å². The Morgan fingerprint density at radius 2 is 2.20 bits per heavy atom. The lowest BCUT2D eigenvalue weighted by atomic mass is 10.1. The smallest absolute Gasteiger partial charge is 0.133 e. The van der Waals surface area contributed by atoms with Crippen LogP contribution in [0, 0.1) is 5.92 Å². The summed E-state index contributed by atoms with van der Waals surface area (Å²) in [5.41, 5.74) is 1.19. The van der Waals surface area contributed by atoms with Gasteiger partial charge in [-0.05, 0) is 37.8 Å². The van der Waals surface area contributed by atoms with Crippen molar-refractivity contribution in [2.24, 2.45) is 5.92 Å². The van der Waals surface area contributed by atoms with Crippen molar-refractivity contribution in [3.8, 4) is 5.75 Å². The van der Waals surface area contributed by atoms with E-state index in [4.69, 9.17) is 4.74 Å². The van der Waals surface area contributed by atoms with Crippen LogP contribution in [0.1, 0.15) is 31.7 Å². The van der Waals surface area contributed by atoms with Crippen LogP contribution in [0.15, 0.2) is 24.3 Å². The molecular weight excluding hydrogens is 188 g/mol. The molecule has 2 heteroatoms. The fourth-order valence-electron chi connectivity index (χ4n) is 2.06. The number of ketones is 1.